The summed E-state index contributed by atoms with van der Waals surface area (Å²) in [5.41, 5.74) is 0. The van der Waals surface area contributed by atoms with Crippen LogP contribution in [-0.4, -0.2) is 53.6 Å². The van der Waals surface area contributed by atoms with Gasteiger partial charge in [0.25, 0.3) is 0 Å². The molecule has 0 bridgehead atoms. The van der Waals surface area contributed by atoms with Crippen molar-refractivity contribution >= 4 is 12.0 Å². The van der Waals surface area contributed by atoms with E-state index in [1.54, 1.807) is 18.9 Å². The maximum Gasteiger partial charge on any atom is 0.319 e. The smallest absolute Gasteiger partial charge is 0.319 e. The lowest BCUT2D eigenvalue weighted by Gasteiger charge is -2.29. The van der Waals surface area contributed by atoms with Gasteiger partial charge in [-0.15, -0.1) is 0 Å². The third-order valence-corrected chi connectivity index (χ3v) is 2.53. The van der Waals surface area contributed by atoms with Crippen LogP contribution < -0.4 is 0 Å². The lowest BCUT2D eigenvalue weighted by atomic mass is 10.2. The van der Waals surface area contributed by atoms with Crippen LogP contribution in [0, 0.1) is 11.8 Å². The van der Waals surface area contributed by atoms with Crippen LogP contribution in [0.3, 0.4) is 0 Å². The Hall–Kier alpha value is -1.26. The van der Waals surface area contributed by atoms with Crippen molar-refractivity contribution in [3.63, 3.8) is 0 Å². The molecule has 0 fully saturated rings. The number of carbonyl (C=O) groups excluding carboxylic acids is 1. The molecular weight excluding hydrogens is 220 g/mol. The predicted octanol–water partition coefficient (Wildman–Crippen LogP) is 1.74. The first-order valence-corrected chi connectivity index (χ1v) is 6.02. The van der Waals surface area contributed by atoms with Gasteiger partial charge in [0, 0.05) is 26.7 Å². The van der Waals surface area contributed by atoms with E-state index in [2.05, 4.69) is 13.8 Å². The van der Waals surface area contributed by atoms with E-state index in [-0.39, 0.29) is 12.6 Å². The SMILES string of the molecule is CCN(CC(C)C)C(=O)N(C)CC(C)C(=O)O. The second-order valence-corrected chi connectivity index (χ2v) is 4.83. The van der Waals surface area contributed by atoms with E-state index >= 15 is 0 Å². The van der Waals surface area contributed by atoms with Gasteiger partial charge in [0.1, 0.15) is 0 Å². The van der Waals surface area contributed by atoms with Crippen molar-refractivity contribution in [1.29, 1.82) is 0 Å². The van der Waals surface area contributed by atoms with Gasteiger partial charge in [-0.05, 0) is 12.8 Å². The van der Waals surface area contributed by atoms with Crippen LogP contribution in [-0.2, 0) is 4.79 Å². The summed E-state index contributed by atoms with van der Waals surface area (Å²) in [4.78, 5) is 26.0. The average molecular weight is 244 g/mol. The Morgan fingerprint density at radius 1 is 1.18 bits per heavy atom. The first kappa shape index (κ1) is 15.7. The molecule has 0 radical (unpaired) electrons. The number of amides is 2. The number of hydrogen-bond donors (Lipinski definition) is 1. The van der Waals surface area contributed by atoms with Crippen molar-refractivity contribution in [1.82, 2.24) is 9.80 Å². The molecule has 1 unspecified atom stereocenters. The number of urea groups is 1. The van der Waals surface area contributed by atoms with Crippen molar-refractivity contribution in [2.75, 3.05) is 26.7 Å². The Labute approximate surface area is 103 Å². The first-order chi connectivity index (χ1) is 7.79. The number of carboxylic acid groups (broad SMARTS) is 1. The van der Waals surface area contributed by atoms with E-state index in [0.717, 1.165) is 0 Å². The van der Waals surface area contributed by atoms with Crippen LogP contribution >= 0.6 is 0 Å². The first-order valence-electron chi connectivity index (χ1n) is 6.02. The Balaban J connectivity index is 4.40. The molecule has 100 valence electrons. The van der Waals surface area contributed by atoms with E-state index in [9.17, 15) is 9.59 Å². The molecule has 1 N–H and O–H groups in total. The number of carboxylic acids is 1. The molecule has 0 saturated heterocycles. The molecule has 0 aromatic rings. The monoisotopic (exact) mass is 244 g/mol. The largest absolute Gasteiger partial charge is 0.481 e. The summed E-state index contributed by atoms with van der Waals surface area (Å²) in [6.07, 6.45) is 0. The average Bonchev–Trinajstić information content (AvgIpc) is 2.24. The standard InChI is InChI=1S/C12H24N2O3/c1-6-14(7-9(2)3)12(17)13(5)8-10(4)11(15)16/h9-10H,6-8H2,1-5H3,(H,15,16). The molecule has 0 spiro atoms. The molecule has 1 atom stereocenters. The molecule has 0 saturated carbocycles. The van der Waals surface area contributed by atoms with Crippen LogP contribution in [0.15, 0.2) is 0 Å². The second kappa shape index (κ2) is 7.14. The fourth-order valence-electron chi connectivity index (χ4n) is 1.59. The van der Waals surface area contributed by atoms with E-state index < -0.39 is 11.9 Å². The topological polar surface area (TPSA) is 60.9 Å². The zero-order valence-electron chi connectivity index (χ0n) is 11.4. The normalized spacial score (nSPS) is 12.4. The number of carbonyl (C=O) groups is 2. The number of rotatable bonds is 6. The maximum atomic E-state index is 12.0. The number of aliphatic carboxylic acids is 1. The minimum atomic E-state index is -0.878. The van der Waals surface area contributed by atoms with E-state index in [1.165, 1.54) is 4.90 Å². The molecule has 0 aromatic heterocycles. The summed E-state index contributed by atoms with van der Waals surface area (Å²) in [5.74, 6) is -1.01. The summed E-state index contributed by atoms with van der Waals surface area (Å²) in [6, 6.07) is -0.102. The third kappa shape index (κ3) is 5.56. The molecule has 0 heterocycles. The summed E-state index contributed by atoms with van der Waals surface area (Å²) in [5, 5.41) is 8.80. The van der Waals surface area contributed by atoms with E-state index in [0.29, 0.717) is 19.0 Å². The van der Waals surface area contributed by atoms with Crippen LogP contribution in [0.25, 0.3) is 0 Å². The van der Waals surface area contributed by atoms with Crippen LogP contribution in [0.2, 0.25) is 0 Å². The van der Waals surface area contributed by atoms with Crippen molar-refractivity contribution in [2.24, 2.45) is 11.8 Å². The molecule has 5 nitrogen and oxygen atoms in total. The van der Waals surface area contributed by atoms with Crippen LogP contribution in [0.5, 0.6) is 0 Å². The Morgan fingerprint density at radius 2 is 1.71 bits per heavy atom. The van der Waals surface area contributed by atoms with Gasteiger partial charge in [-0.1, -0.05) is 20.8 Å². The highest BCUT2D eigenvalue weighted by Gasteiger charge is 2.21. The van der Waals surface area contributed by atoms with Gasteiger partial charge in [-0.2, -0.15) is 0 Å². The molecule has 0 aliphatic carbocycles. The van der Waals surface area contributed by atoms with Crippen molar-refractivity contribution in [2.45, 2.75) is 27.7 Å². The summed E-state index contributed by atoms with van der Waals surface area (Å²) >= 11 is 0. The Bertz CT molecular complexity index is 266. The molecule has 5 heteroatoms. The lowest BCUT2D eigenvalue weighted by molar-refractivity contribution is -0.141. The highest BCUT2D eigenvalue weighted by Crippen LogP contribution is 2.05. The zero-order valence-corrected chi connectivity index (χ0v) is 11.4. The summed E-state index contributed by atoms with van der Waals surface area (Å²) < 4.78 is 0. The van der Waals surface area contributed by atoms with Crippen LogP contribution in [0.1, 0.15) is 27.7 Å². The van der Waals surface area contributed by atoms with Crippen molar-refractivity contribution < 1.29 is 14.7 Å². The third-order valence-electron chi connectivity index (χ3n) is 2.53. The van der Waals surface area contributed by atoms with Gasteiger partial charge in [0.15, 0.2) is 0 Å². The molecule has 0 rings (SSSR count). The minimum Gasteiger partial charge on any atom is -0.481 e. The molecule has 17 heavy (non-hydrogen) atoms. The Morgan fingerprint density at radius 3 is 2.06 bits per heavy atom. The Kier molecular flexibility index (Phi) is 6.61. The van der Waals surface area contributed by atoms with Gasteiger partial charge < -0.3 is 14.9 Å². The van der Waals surface area contributed by atoms with Gasteiger partial charge in [-0.25, -0.2) is 4.79 Å². The summed E-state index contributed by atoms with van der Waals surface area (Å²) in [6.45, 7) is 9.21. The summed E-state index contributed by atoms with van der Waals surface area (Å²) in [7, 11) is 1.64. The van der Waals surface area contributed by atoms with Crippen molar-refractivity contribution in [3.05, 3.63) is 0 Å². The molecular formula is C12H24N2O3. The highest BCUT2D eigenvalue weighted by atomic mass is 16.4. The number of nitrogens with zero attached hydrogens (tertiary/aromatic N) is 2. The highest BCUT2D eigenvalue weighted by molar-refractivity contribution is 5.75. The predicted molar refractivity (Wildman–Crippen MR) is 66.9 cm³/mol. The number of hydrogen-bond acceptors (Lipinski definition) is 2. The molecule has 0 aliphatic rings. The molecule has 0 aliphatic heterocycles. The van der Waals surface area contributed by atoms with Gasteiger partial charge >= 0.3 is 12.0 Å². The van der Waals surface area contributed by atoms with Crippen LogP contribution in [0.4, 0.5) is 4.79 Å². The van der Waals surface area contributed by atoms with Gasteiger partial charge in [0.05, 0.1) is 5.92 Å². The van der Waals surface area contributed by atoms with Gasteiger partial charge in [-0.3, -0.25) is 4.79 Å². The lowest BCUT2D eigenvalue weighted by Crippen LogP contribution is -2.44. The fraction of sp³-hybridized carbons (Fsp3) is 0.833. The molecule has 2 amide bonds. The van der Waals surface area contributed by atoms with Crippen molar-refractivity contribution in [3.8, 4) is 0 Å². The maximum absolute atomic E-state index is 12.0. The zero-order chi connectivity index (χ0) is 13.6. The second-order valence-electron chi connectivity index (χ2n) is 4.83. The minimum absolute atomic E-state index is 0.102. The fourth-order valence-corrected chi connectivity index (χ4v) is 1.59. The van der Waals surface area contributed by atoms with E-state index in [4.69, 9.17) is 5.11 Å². The quantitative estimate of drug-likeness (QED) is 0.774. The van der Waals surface area contributed by atoms with E-state index in [1.807, 2.05) is 6.92 Å². The van der Waals surface area contributed by atoms with Gasteiger partial charge in [0.2, 0.25) is 0 Å². The molecule has 0 aromatic carbocycles.